The summed E-state index contributed by atoms with van der Waals surface area (Å²) in [5.74, 6) is 1.61. The zero-order valence-corrected chi connectivity index (χ0v) is 16.3. The summed E-state index contributed by atoms with van der Waals surface area (Å²) < 4.78 is 5.61. The second-order valence-electron chi connectivity index (χ2n) is 6.74. The Bertz CT molecular complexity index is 632. The average molecular weight is 353 g/mol. The summed E-state index contributed by atoms with van der Waals surface area (Å²) in [7, 11) is 0. The summed E-state index contributed by atoms with van der Waals surface area (Å²) in [4.78, 5) is 9.05. The summed E-state index contributed by atoms with van der Waals surface area (Å²) in [6.07, 6.45) is 18.8. The van der Waals surface area contributed by atoms with Crippen LogP contribution < -0.4 is 4.74 Å². The molecule has 0 saturated carbocycles. The summed E-state index contributed by atoms with van der Waals surface area (Å²) in [6, 6.07) is 7.94. The molecule has 140 valence electrons. The van der Waals surface area contributed by atoms with Crippen molar-refractivity contribution in [3.63, 3.8) is 0 Å². The number of allylic oxidation sites excluding steroid dienone is 1. The normalized spacial score (nSPS) is 11.2. The van der Waals surface area contributed by atoms with Crippen molar-refractivity contribution in [2.75, 3.05) is 0 Å². The van der Waals surface area contributed by atoms with Crippen molar-refractivity contribution < 1.29 is 4.74 Å². The SMILES string of the molecule is CCCCC=COc1ccc(-c2ncc(CCCCCCC)cn2)cc1. The van der Waals surface area contributed by atoms with E-state index in [1.165, 1.54) is 50.5 Å². The Balaban J connectivity index is 1.81. The number of hydrogen-bond donors (Lipinski definition) is 0. The van der Waals surface area contributed by atoms with E-state index in [0.29, 0.717) is 0 Å². The van der Waals surface area contributed by atoms with E-state index in [1.807, 2.05) is 36.7 Å². The lowest BCUT2D eigenvalue weighted by atomic mass is 10.1. The quantitative estimate of drug-likeness (QED) is 0.313. The fraction of sp³-hybridized carbons (Fsp3) is 0.478. The van der Waals surface area contributed by atoms with Gasteiger partial charge in [0.2, 0.25) is 0 Å². The highest BCUT2D eigenvalue weighted by Gasteiger charge is 2.02. The number of unbranched alkanes of at least 4 members (excludes halogenated alkanes) is 6. The number of ether oxygens (including phenoxy) is 1. The van der Waals surface area contributed by atoms with Crippen LogP contribution in [0.5, 0.6) is 5.75 Å². The van der Waals surface area contributed by atoms with E-state index < -0.39 is 0 Å². The highest BCUT2D eigenvalue weighted by atomic mass is 16.5. The lowest BCUT2D eigenvalue weighted by Gasteiger charge is -2.05. The van der Waals surface area contributed by atoms with Crippen molar-refractivity contribution in [2.24, 2.45) is 0 Å². The van der Waals surface area contributed by atoms with Gasteiger partial charge in [-0.05, 0) is 61.6 Å². The third kappa shape index (κ3) is 7.38. The maximum absolute atomic E-state index is 5.61. The van der Waals surface area contributed by atoms with E-state index in [4.69, 9.17) is 4.74 Å². The monoisotopic (exact) mass is 352 g/mol. The zero-order valence-electron chi connectivity index (χ0n) is 16.3. The van der Waals surface area contributed by atoms with Gasteiger partial charge in [-0.15, -0.1) is 0 Å². The number of benzene rings is 1. The van der Waals surface area contributed by atoms with Gasteiger partial charge in [0.15, 0.2) is 5.82 Å². The molecule has 26 heavy (non-hydrogen) atoms. The van der Waals surface area contributed by atoms with Crippen molar-refractivity contribution in [1.82, 2.24) is 9.97 Å². The minimum Gasteiger partial charge on any atom is -0.465 e. The molecule has 0 radical (unpaired) electrons. The van der Waals surface area contributed by atoms with Crippen LogP contribution in [0.1, 0.15) is 70.8 Å². The zero-order chi connectivity index (χ0) is 18.5. The van der Waals surface area contributed by atoms with Crippen LogP contribution in [0.25, 0.3) is 11.4 Å². The van der Waals surface area contributed by atoms with Gasteiger partial charge in [-0.2, -0.15) is 0 Å². The second-order valence-corrected chi connectivity index (χ2v) is 6.74. The molecule has 1 aromatic carbocycles. The van der Waals surface area contributed by atoms with Gasteiger partial charge in [-0.25, -0.2) is 9.97 Å². The molecule has 1 heterocycles. The lowest BCUT2D eigenvalue weighted by molar-refractivity contribution is 0.478. The van der Waals surface area contributed by atoms with E-state index in [0.717, 1.165) is 30.0 Å². The molecule has 0 atom stereocenters. The number of aromatic nitrogens is 2. The van der Waals surface area contributed by atoms with Crippen LogP contribution in [0.2, 0.25) is 0 Å². The molecule has 0 amide bonds. The maximum atomic E-state index is 5.61. The van der Waals surface area contributed by atoms with Crippen molar-refractivity contribution in [3.05, 3.63) is 54.6 Å². The first kappa shape index (κ1) is 20.2. The molecule has 0 saturated heterocycles. The molecule has 0 bridgehead atoms. The molecule has 2 aromatic rings. The summed E-state index contributed by atoms with van der Waals surface area (Å²) in [5.41, 5.74) is 2.24. The highest BCUT2D eigenvalue weighted by Crippen LogP contribution is 2.20. The van der Waals surface area contributed by atoms with Crippen LogP contribution in [0, 0.1) is 0 Å². The Morgan fingerprint density at radius 1 is 0.846 bits per heavy atom. The summed E-state index contributed by atoms with van der Waals surface area (Å²) >= 11 is 0. The van der Waals surface area contributed by atoms with Crippen LogP contribution >= 0.6 is 0 Å². The van der Waals surface area contributed by atoms with Gasteiger partial charge in [0.05, 0.1) is 6.26 Å². The van der Waals surface area contributed by atoms with E-state index in [9.17, 15) is 0 Å². The van der Waals surface area contributed by atoms with Gasteiger partial charge < -0.3 is 4.74 Å². The first-order valence-electron chi connectivity index (χ1n) is 10.1. The van der Waals surface area contributed by atoms with Crippen LogP contribution in [0.4, 0.5) is 0 Å². The number of hydrogen-bond acceptors (Lipinski definition) is 3. The third-order valence-corrected chi connectivity index (χ3v) is 4.41. The van der Waals surface area contributed by atoms with E-state index >= 15 is 0 Å². The molecular formula is C23H32N2O. The molecule has 2 rings (SSSR count). The smallest absolute Gasteiger partial charge is 0.159 e. The van der Waals surface area contributed by atoms with Crippen LogP contribution in [-0.4, -0.2) is 9.97 Å². The van der Waals surface area contributed by atoms with Crippen molar-refractivity contribution >= 4 is 0 Å². The van der Waals surface area contributed by atoms with Gasteiger partial charge >= 0.3 is 0 Å². The predicted molar refractivity (Wildman–Crippen MR) is 109 cm³/mol. The number of nitrogens with zero attached hydrogens (tertiary/aromatic N) is 2. The van der Waals surface area contributed by atoms with Gasteiger partial charge in [0.1, 0.15) is 5.75 Å². The third-order valence-electron chi connectivity index (χ3n) is 4.41. The standard InChI is InChI=1S/C23H32N2O/c1-3-5-7-9-10-12-20-18-24-23(25-19-20)21-13-15-22(16-14-21)26-17-11-8-6-4-2/h11,13-19H,3-10,12H2,1-2H3. The molecule has 0 unspecified atom stereocenters. The molecule has 0 N–H and O–H groups in total. The Labute approximate surface area is 158 Å². The van der Waals surface area contributed by atoms with Gasteiger partial charge in [0, 0.05) is 18.0 Å². The van der Waals surface area contributed by atoms with Gasteiger partial charge in [-0.1, -0.05) is 46.0 Å². The van der Waals surface area contributed by atoms with Gasteiger partial charge in [0.25, 0.3) is 0 Å². The molecule has 0 fully saturated rings. The first-order chi connectivity index (χ1) is 12.8. The van der Waals surface area contributed by atoms with Crippen molar-refractivity contribution in [2.45, 2.75) is 71.6 Å². The van der Waals surface area contributed by atoms with Crippen molar-refractivity contribution in [1.29, 1.82) is 0 Å². The predicted octanol–water partition coefficient (Wildman–Crippen LogP) is 6.74. The van der Waals surface area contributed by atoms with Gasteiger partial charge in [-0.3, -0.25) is 0 Å². The lowest BCUT2D eigenvalue weighted by Crippen LogP contribution is -1.93. The van der Waals surface area contributed by atoms with Crippen molar-refractivity contribution in [3.8, 4) is 17.1 Å². The van der Waals surface area contributed by atoms with E-state index in [1.54, 1.807) is 6.26 Å². The summed E-state index contributed by atoms with van der Waals surface area (Å²) in [5, 5.41) is 0. The molecule has 3 heteroatoms. The minimum absolute atomic E-state index is 0.768. The van der Waals surface area contributed by atoms with Crippen LogP contribution in [0.3, 0.4) is 0 Å². The Hall–Kier alpha value is -2.16. The van der Waals surface area contributed by atoms with E-state index in [2.05, 4.69) is 29.9 Å². The Morgan fingerprint density at radius 3 is 2.23 bits per heavy atom. The Morgan fingerprint density at radius 2 is 1.54 bits per heavy atom. The fourth-order valence-electron chi connectivity index (χ4n) is 2.76. The number of rotatable bonds is 12. The fourth-order valence-corrected chi connectivity index (χ4v) is 2.76. The molecular weight excluding hydrogens is 320 g/mol. The second kappa shape index (κ2) is 12.2. The maximum Gasteiger partial charge on any atom is 0.159 e. The molecule has 0 aliphatic carbocycles. The minimum atomic E-state index is 0.768. The molecule has 0 aliphatic rings. The highest BCUT2D eigenvalue weighted by molar-refractivity contribution is 5.55. The van der Waals surface area contributed by atoms with Crippen LogP contribution in [0.15, 0.2) is 49.0 Å². The summed E-state index contributed by atoms with van der Waals surface area (Å²) in [6.45, 7) is 4.44. The largest absolute Gasteiger partial charge is 0.465 e. The molecule has 0 aliphatic heterocycles. The topological polar surface area (TPSA) is 35.0 Å². The molecule has 0 spiro atoms. The Kier molecular flexibility index (Phi) is 9.48. The first-order valence-corrected chi connectivity index (χ1v) is 10.1. The molecule has 3 nitrogen and oxygen atoms in total. The molecule has 1 aromatic heterocycles. The number of aryl methyl sites for hydroxylation is 1. The van der Waals surface area contributed by atoms with E-state index in [-0.39, 0.29) is 0 Å². The van der Waals surface area contributed by atoms with Crippen LogP contribution in [-0.2, 0) is 6.42 Å². The average Bonchev–Trinajstić information content (AvgIpc) is 2.69.